The van der Waals surface area contributed by atoms with E-state index in [4.69, 9.17) is 0 Å². The molecule has 0 spiro atoms. The van der Waals surface area contributed by atoms with E-state index in [0.29, 0.717) is 11.7 Å². The molecule has 0 amide bonds. The summed E-state index contributed by atoms with van der Waals surface area (Å²) in [5.41, 5.74) is 1.63. The van der Waals surface area contributed by atoms with Crippen molar-refractivity contribution in [1.82, 2.24) is 24.9 Å². The van der Waals surface area contributed by atoms with Crippen molar-refractivity contribution >= 4 is 30.6 Å². The zero-order valence-electron chi connectivity index (χ0n) is 11.3. The fourth-order valence-electron chi connectivity index (χ4n) is 2.60. The molecule has 1 aliphatic rings. The van der Waals surface area contributed by atoms with Gasteiger partial charge in [0.25, 0.3) is 11.3 Å². The number of fused-ring (bicyclic) bond motifs is 1. The Morgan fingerprint density at radius 2 is 2.05 bits per heavy atom. The third-order valence-corrected chi connectivity index (χ3v) is 3.68. The van der Waals surface area contributed by atoms with E-state index < -0.39 is 0 Å². The third-order valence-electron chi connectivity index (χ3n) is 3.68. The van der Waals surface area contributed by atoms with Gasteiger partial charge >= 0.3 is 0 Å². The van der Waals surface area contributed by atoms with Crippen LogP contribution in [-0.4, -0.2) is 32.7 Å². The molecule has 112 valence electrons. The molecule has 8 heteroatoms. The number of aryl methyl sites for hydroxylation is 1. The Balaban J connectivity index is 0.000001000. The maximum absolute atomic E-state index is 12.3. The van der Waals surface area contributed by atoms with Gasteiger partial charge in [-0.3, -0.25) is 9.89 Å². The molecule has 0 aromatic carbocycles. The Bertz CT molecular complexity index is 618. The van der Waals surface area contributed by atoms with E-state index >= 15 is 0 Å². The molecule has 2 N–H and O–H groups in total. The van der Waals surface area contributed by atoms with Gasteiger partial charge in [-0.05, 0) is 45.2 Å². The molecular formula is C12H19Cl2N5O. The second-order valence-corrected chi connectivity index (χ2v) is 4.90. The van der Waals surface area contributed by atoms with Crippen molar-refractivity contribution in [1.29, 1.82) is 0 Å². The van der Waals surface area contributed by atoms with Gasteiger partial charge in [0.2, 0.25) is 0 Å². The van der Waals surface area contributed by atoms with E-state index in [0.717, 1.165) is 43.6 Å². The zero-order chi connectivity index (χ0) is 12.5. The van der Waals surface area contributed by atoms with Gasteiger partial charge in [0.1, 0.15) is 6.33 Å². The summed E-state index contributed by atoms with van der Waals surface area (Å²) in [6.45, 7) is 3.99. The molecule has 1 aliphatic heterocycles. The first-order valence-electron chi connectivity index (χ1n) is 6.38. The second kappa shape index (κ2) is 7.06. The van der Waals surface area contributed by atoms with Gasteiger partial charge < -0.3 is 5.32 Å². The second-order valence-electron chi connectivity index (χ2n) is 4.90. The number of aromatic nitrogens is 4. The molecule has 0 aliphatic carbocycles. The molecule has 3 heterocycles. The minimum atomic E-state index is -0.00599. The van der Waals surface area contributed by atoms with Crippen LogP contribution in [0.3, 0.4) is 0 Å². The molecule has 1 fully saturated rings. The zero-order valence-corrected chi connectivity index (χ0v) is 12.9. The summed E-state index contributed by atoms with van der Waals surface area (Å²) >= 11 is 0. The summed E-state index contributed by atoms with van der Waals surface area (Å²) in [6, 6.07) is 0. The van der Waals surface area contributed by atoms with E-state index in [2.05, 4.69) is 20.4 Å². The molecule has 0 unspecified atom stereocenters. The highest BCUT2D eigenvalue weighted by Crippen LogP contribution is 2.17. The summed E-state index contributed by atoms with van der Waals surface area (Å²) < 4.78 is 1.42. The van der Waals surface area contributed by atoms with Gasteiger partial charge in [-0.2, -0.15) is 4.52 Å². The topological polar surface area (TPSA) is 75.1 Å². The molecule has 0 saturated carbocycles. The standard InChI is InChI=1S/C12H17N5O.2ClH/c1-8-10(6-9-2-4-13-5-3-9)11(18)17-12(16-8)14-7-15-17;;/h7,9,13H,2-6H2,1H3,(H,14,15,16);2*1H. The van der Waals surface area contributed by atoms with Gasteiger partial charge in [0, 0.05) is 5.56 Å². The van der Waals surface area contributed by atoms with E-state index in [9.17, 15) is 4.79 Å². The number of nitrogens with zero attached hydrogens (tertiary/aromatic N) is 3. The van der Waals surface area contributed by atoms with Crippen molar-refractivity contribution in [3.05, 3.63) is 27.9 Å². The fraction of sp³-hybridized carbons (Fsp3) is 0.583. The van der Waals surface area contributed by atoms with Crippen LogP contribution in [-0.2, 0) is 6.42 Å². The highest BCUT2D eigenvalue weighted by molar-refractivity contribution is 5.85. The number of rotatable bonds is 2. The molecule has 2 aromatic rings. The Morgan fingerprint density at radius 3 is 2.75 bits per heavy atom. The van der Waals surface area contributed by atoms with Crippen LogP contribution >= 0.6 is 24.8 Å². The number of aromatic amines is 1. The van der Waals surface area contributed by atoms with Crippen LogP contribution in [0.2, 0.25) is 0 Å². The average Bonchev–Trinajstić information content (AvgIpc) is 2.84. The van der Waals surface area contributed by atoms with E-state index in [1.165, 1.54) is 10.8 Å². The Labute approximate surface area is 129 Å². The lowest BCUT2D eigenvalue weighted by Crippen LogP contribution is -2.31. The van der Waals surface area contributed by atoms with Crippen molar-refractivity contribution < 1.29 is 0 Å². The average molecular weight is 320 g/mol. The first kappa shape index (κ1) is 16.9. The smallest absolute Gasteiger partial charge is 0.277 e. The van der Waals surface area contributed by atoms with E-state index in [-0.39, 0.29) is 30.4 Å². The monoisotopic (exact) mass is 319 g/mol. The minimum Gasteiger partial charge on any atom is -0.317 e. The minimum absolute atomic E-state index is 0. The number of hydrogen-bond donors (Lipinski definition) is 2. The maximum Gasteiger partial charge on any atom is 0.277 e. The Hall–Kier alpha value is -1.11. The molecular weight excluding hydrogens is 301 g/mol. The lowest BCUT2D eigenvalue weighted by Gasteiger charge is -2.22. The first-order valence-corrected chi connectivity index (χ1v) is 6.38. The summed E-state index contributed by atoms with van der Waals surface area (Å²) in [6.07, 6.45) is 4.58. The highest BCUT2D eigenvalue weighted by Gasteiger charge is 2.18. The van der Waals surface area contributed by atoms with Crippen LogP contribution in [0.4, 0.5) is 0 Å². The van der Waals surface area contributed by atoms with Crippen molar-refractivity contribution in [2.45, 2.75) is 26.2 Å². The van der Waals surface area contributed by atoms with Crippen LogP contribution in [0.1, 0.15) is 24.1 Å². The van der Waals surface area contributed by atoms with Crippen molar-refractivity contribution in [3.63, 3.8) is 0 Å². The van der Waals surface area contributed by atoms with Crippen LogP contribution < -0.4 is 10.9 Å². The van der Waals surface area contributed by atoms with Gasteiger partial charge in [-0.1, -0.05) is 0 Å². The Morgan fingerprint density at radius 1 is 1.35 bits per heavy atom. The van der Waals surface area contributed by atoms with Gasteiger partial charge in [-0.25, -0.2) is 9.97 Å². The molecule has 20 heavy (non-hydrogen) atoms. The van der Waals surface area contributed by atoms with Crippen LogP contribution in [0, 0.1) is 12.8 Å². The molecule has 0 radical (unpaired) electrons. The molecule has 0 bridgehead atoms. The van der Waals surface area contributed by atoms with Crippen LogP contribution in [0.5, 0.6) is 0 Å². The molecule has 2 aromatic heterocycles. The van der Waals surface area contributed by atoms with Gasteiger partial charge in [0.05, 0.1) is 5.69 Å². The van der Waals surface area contributed by atoms with Gasteiger partial charge in [0.15, 0.2) is 0 Å². The van der Waals surface area contributed by atoms with Crippen LogP contribution in [0.25, 0.3) is 5.78 Å². The first-order chi connectivity index (χ1) is 8.75. The predicted molar refractivity (Wildman–Crippen MR) is 82.1 cm³/mol. The third kappa shape index (κ3) is 3.13. The molecule has 3 rings (SSSR count). The summed E-state index contributed by atoms with van der Waals surface area (Å²) in [5, 5.41) is 6.15. The normalized spacial score (nSPS) is 15.7. The number of hydrogen-bond acceptors (Lipinski definition) is 4. The molecule has 1 saturated heterocycles. The van der Waals surface area contributed by atoms with Crippen molar-refractivity contribution in [2.24, 2.45) is 5.92 Å². The van der Waals surface area contributed by atoms with Crippen molar-refractivity contribution in [2.75, 3.05) is 13.1 Å². The van der Waals surface area contributed by atoms with E-state index in [1.807, 2.05) is 6.92 Å². The highest BCUT2D eigenvalue weighted by atomic mass is 35.5. The number of nitrogens with one attached hydrogen (secondary N) is 2. The number of piperidine rings is 1. The predicted octanol–water partition coefficient (Wildman–Crippen LogP) is 1.11. The summed E-state index contributed by atoms with van der Waals surface area (Å²) in [4.78, 5) is 20.7. The SMILES string of the molecule is Cc1nc2nc[nH]n2c(=O)c1CC1CCNCC1.Cl.Cl. The Kier molecular flexibility index (Phi) is 5.98. The largest absolute Gasteiger partial charge is 0.317 e. The lowest BCUT2D eigenvalue weighted by molar-refractivity contribution is 0.370. The lowest BCUT2D eigenvalue weighted by atomic mass is 9.91. The maximum atomic E-state index is 12.3. The fourth-order valence-corrected chi connectivity index (χ4v) is 2.60. The number of H-pyrrole nitrogens is 1. The van der Waals surface area contributed by atoms with Crippen LogP contribution in [0.15, 0.2) is 11.1 Å². The molecule has 0 atom stereocenters. The quantitative estimate of drug-likeness (QED) is 0.869. The van der Waals surface area contributed by atoms with E-state index in [1.54, 1.807) is 0 Å². The van der Waals surface area contributed by atoms with Crippen molar-refractivity contribution in [3.8, 4) is 0 Å². The summed E-state index contributed by atoms with van der Waals surface area (Å²) in [5.74, 6) is 1.03. The van der Waals surface area contributed by atoms with Gasteiger partial charge in [-0.15, -0.1) is 24.8 Å². The molecule has 6 nitrogen and oxygen atoms in total. The number of halogens is 2. The summed E-state index contributed by atoms with van der Waals surface area (Å²) in [7, 11) is 0.